The minimum atomic E-state index is 0.00873. The number of nitrogens with one attached hydrogen (secondary N) is 1. The molecule has 0 fully saturated rings. The molecular formula is C18H21BrN4OS2. The Balaban J connectivity index is 1.48. The minimum absolute atomic E-state index is 0.00873. The molecule has 0 saturated heterocycles. The van der Waals surface area contributed by atoms with Crippen molar-refractivity contribution < 1.29 is 4.79 Å². The molecule has 1 amide bonds. The molecule has 5 nitrogen and oxygen atoms in total. The second-order valence-corrected chi connectivity index (χ2v) is 9.15. The van der Waals surface area contributed by atoms with Gasteiger partial charge >= 0.3 is 0 Å². The fourth-order valence-electron chi connectivity index (χ4n) is 2.66. The number of thiophene rings is 1. The largest absolute Gasteiger partial charge is 0.355 e. The number of carbonyl (C=O) groups is 1. The third-order valence-corrected chi connectivity index (χ3v) is 6.66. The number of halogens is 1. The van der Waals surface area contributed by atoms with E-state index in [2.05, 4.69) is 51.2 Å². The zero-order chi connectivity index (χ0) is 18.7. The molecule has 3 rings (SSSR count). The number of carbonyl (C=O) groups excluding carboxylic acids is 1. The number of hydrogen-bond donors (Lipinski definition) is 1. The molecular weight excluding hydrogens is 432 g/mol. The van der Waals surface area contributed by atoms with Crippen LogP contribution in [0.2, 0.25) is 0 Å². The Kier molecular flexibility index (Phi) is 6.26. The minimum Gasteiger partial charge on any atom is -0.355 e. The van der Waals surface area contributed by atoms with Crippen molar-refractivity contribution in [1.29, 1.82) is 0 Å². The average molecular weight is 453 g/mol. The van der Waals surface area contributed by atoms with Gasteiger partial charge in [-0.15, -0.1) is 22.7 Å². The van der Waals surface area contributed by atoms with Crippen molar-refractivity contribution in [2.24, 2.45) is 5.92 Å². The van der Waals surface area contributed by atoms with Crippen LogP contribution in [-0.4, -0.2) is 27.2 Å². The summed E-state index contributed by atoms with van der Waals surface area (Å²) in [4.78, 5) is 17.9. The summed E-state index contributed by atoms with van der Waals surface area (Å²) >= 11 is 6.68. The van der Waals surface area contributed by atoms with Crippen molar-refractivity contribution in [2.45, 2.75) is 33.7 Å². The van der Waals surface area contributed by atoms with E-state index in [0.717, 1.165) is 38.0 Å². The lowest BCUT2D eigenvalue weighted by Gasteiger charge is -2.13. The molecule has 0 bridgehead atoms. The second kappa shape index (κ2) is 8.45. The van der Waals surface area contributed by atoms with Crippen LogP contribution in [0.5, 0.6) is 0 Å². The first-order chi connectivity index (χ1) is 12.4. The third kappa shape index (κ3) is 5.02. The van der Waals surface area contributed by atoms with Crippen LogP contribution in [0.4, 0.5) is 0 Å². The van der Waals surface area contributed by atoms with Crippen molar-refractivity contribution in [1.82, 2.24) is 20.1 Å². The van der Waals surface area contributed by atoms with Crippen LogP contribution in [0.3, 0.4) is 0 Å². The summed E-state index contributed by atoms with van der Waals surface area (Å²) in [5.41, 5.74) is 2.99. The number of nitrogens with zero attached hydrogens (tertiary/aromatic N) is 3. The average Bonchev–Trinajstić information content (AvgIpc) is 3.27. The molecule has 0 aliphatic rings. The summed E-state index contributed by atoms with van der Waals surface area (Å²) in [6.45, 7) is 7.59. The van der Waals surface area contributed by atoms with Gasteiger partial charge < -0.3 is 5.32 Å². The van der Waals surface area contributed by atoms with Gasteiger partial charge in [-0.3, -0.25) is 9.48 Å². The fraction of sp³-hybridized carbons (Fsp3) is 0.389. The second-order valence-electron chi connectivity index (χ2n) is 6.47. The van der Waals surface area contributed by atoms with E-state index in [4.69, 9.17) is 0 Å². The third-order valence-electron chi connectivity index (χ3n) is 3.91. The van der Waals surface area contributed by atoms with E-state index in [1.54, 1.807) is 22.7 Å². The van der Waals surface area contributed by atoms with E-state index in [1.807, 2.05) is 28.4 Å². The van der Waals surface area contributed by atoms with Gasteiger partial charge in [-0.1, -0.05) is 6.92 Å². The number of thiazole rings is 1. The zero-order valence-electron chi connectivity index (χ0n) is 15.0. The normalized spacial score (nSPS) is 12.3. The van der Waals surface area contributed by atoms with E-state index in [9.17, 15) is 4.79 Å². The first-order valence-corrected chi connectivity index (χ1v) is 10.9. The topological polar surface area (TPSA) is 59.8 Å². The number of rotatable bonds is 7. The molecule has 3 aromatic heterocycles. The highest BCUT2D eigenvalue weighted by molar-refractivity contribution is 9.10. The Labute approximate surface area is 169 Å². The molecule has 0 saturated carbocycles. The van der Waals surface area contributed by atoms with Crippen LogP contribution in [0.25, 0.3) is 9.88 Å². The quantitative estimate of drug-likeness (QED) is 0.575. The summed E-state index contributed by atoms with van der Waals surface area (Å²) in [5.74, 6) is 0.320. The van der Waals surface area contributed by atoms with Crippen LogP contribution in [0, 0.1) is 19.8 Å². The standard InChI is InChI=1S/C18H21BrN4OS2/c1-11(8-23-13(3)4-12(2)22-23)7-20-17(24)6-15-10-26-18(21-15)16-5-14(19)9-25-16/h4-5,9-11H,6-8H2,1-3H3,(H,20,24). The smallest absolute Gasteiger partial charge is 0.226 e. The number of aromatic nitrogens is 3. The van der Waals surface area contributed by atoms with Crippen molar-refractivity contribution in [3.8, 4) is 9.88 Å². The number of aryl methyl sites for hydroxylation is 2. The van der Waals surface area contributed by atoms with Crippen LogP contribution >= 0.6 is 38.6 Å². The van der Waals surface area contributed by atoms with Gasteiger partial charge in [0, 0.05) is 34.0 Å². The van der Waals surface area contributed by atoms with Crippen LogP contribution in [0.1, 0.15) is 24.0 Å². The van der Waals surface area contributed by atoms with E-state index in [0.29, 0.717) is 18.9 Å². The van der Waals surface area contributed by atoms with Crippen LogP contribution in [-0.2, 0) is 17.8 Å². The Morgan fingerprint density at radius 1 is 1.31 bits per heavy atom. The maximum Gasteiger partial charge on any atom is 0.226 e. The van der Waals surface area contributed by atoms with Gasteiger partial charge in [0.25, 0.3) is 0 Å². The molecule has 138 valence electrons. The Morgan fingerprint density at radius 2 is 2.12 bits per heavy atom. The molecule has 0 aliphatic carbocycles. The van der Waals surface area contributed by atoms with Crippen molar-refractivity contribution in [3.63, 3.8) is 0 Å². The van der Waals surface area contributed by atoms with Crippen LogP contribution < -0.4 is 5.32 Å². The molecule has 0 radical (unpaired) electrons. The molecule has 0 aliphatic heterocycles. The molecule has 3 heterocycles. The first kappa shape index (κ1) is 19.3. The summed E-state index contributed by atoms with van der Waals surface area (Å²) in [5, 5.41) is 12.4. The van der Waals surface area contributed by atoms with Gasteiger partial charge in [-0.05, 0) is 47.8 Å². The van der Waals surface area contributed by atoms with Crippen LogP contribution in [0.15, 0.2) is 27.4 Å². The lowest BCUT2D eigenvalue weighted by molar-refractivity contribution is -0.120. The monoisotopic (exact) mass is 452 g/mol. The molecule has 0 spiro atoms. The highest BCUT2D eigenvalue weighted by Crippen LogP contribution is 2.32. The number of amides is 1. The molecule has 1 N–H and O–H groups in total. The van der Waals surface area contributed by atoms with E-state index >= 15 is 0 Å². The molecule has 8 heteroatoms. The Hall–Kier alpha value is -1.51. The molecule has 26 heavy (non-hydrogen) atoms. The van der Waals surface area contributed by atoms with Gasteiger partial charge in [0.15, 0.2) is 0 Å². The van der Waals surface area contributed by atoms with Crippen molar-refractivity contribution in [2.75, 3.05) is 6.54 Å². The molecule has 3 aromatic rings. The van der Waals surface area contributed by atoms with E-state index in [-0.39, 0.29) is 5.91 Å². The Bertz CT molecular complexity index is 899. The lowest BCUT2D eigenvalue weighted by atomic mass is 10.1. The summed E-state index contributed by atoms with van der Waals surface area (Å²) < 4.78 is 3.06. The zero-order valence-corrected chi connectivity index (χ0v) is 18.2. The highest BCUT2D eigenvalue weighted by Gasteiger charge is 2.12. The predicted octanol–water partition coefficient (Wildman–Crippen LogP) is 4.44. The molecule has 0 aromatic carbocycles. The number of hydrogen-bond acceptors (Lipinski definition) is 5. The first-order valence-electron chi connectivity index (χ1n) is 8.37. The lowest BCUT2D eigenvalue weighted by Crippen LogP contribution is -2.31. The Morgan fingerprint density at radius 3 is 2.77 bits per heavy atom. The SMILES string of the molecule is Cc1cc(C)n(CC(C)CNC(=O)Cc2csc(-c3cc(Br)cs3)n2)n1. The highest BCUT2D eigenvalue weighted by atomic mass is 79.9. The fourth-order valence-corrected chi connectivity index (χ4v) is 4.99. The summed E-state index contributed by atoms with van der Waals surface area (Å²) in [6.07, 6.45) is 0.315. The van der Waals surface area contributed by atoms with Gasteiger partial charge in [-0.25, -0.2) is 4.98 Å². The van der Waals surface area contributed by atoms with Gasteiger partial charge in [-0.2, -0.15) is 5.10 Å². The maximum atomic E-state index is 12.2. The van der Waals surface area contributed by atoms with Gasteiger partial charge in [0.05, 0.1) is 22.7 Å². The van der Waals surface area contributed by atoms with E-state index in [1.165, 1.54) is 0 Å². The summed E-state index contributed by atoms with van der Waals surface area (Å²) in [6, 6.07) is 4.12. The van der Waals surface area contributed by atoms with Crippen molar-refractivity contribution >= 4 is 44.5 Å². The molecule has 1 atom stereocenters. The van der Waals surface area contributed by atoms with Gasteiger partial charge in [0.1, 0.15) is 5.01 Å². The van der Waals surface area contributed by atoms with E-state index < -0.39 is 0 Å². The molecule has 1 unspecified atom stereocenters. The maximum absolute atomic E-state index is 12.2. The predicted molar refractivity (Wildman–Crippen MR) is 111 cm³/mol. The van der Waals surface area contributed by atoms with Gasteiger partial charge in [0.2, 0.25) is 5.91 Å². The van der Waals surface area contributed by atoms with Crippen molar-refractivity contribution in [3.05, 3.63) is 44.4 Å². The summed E-state index contributed by atoms with van der Waals surface area (Å²) in [7, 11) is 0.